The Labute approximate surface area is 154 Å². The van der Waals surface area contributed by atoms with Crippen molar-refractivity contribution in [2.24, 2.45) is 0 Å². The molecule has 0 bridgehead atoms. The first-order valence-corrected chi connectivity index (χ1v) is 8.92. The van der Waals surface area contributed by atoms with Crippen LogP contribution in [0.3, 0.4) is 0 Å². The molecule has 1 N–H and O–H groups in total. The van der Waals surface area contributed by atoms with Crippen molar-refractivity contribution in [3.05, 3.63) is 47.0 Å². The lowest BCUT2D eigenvalue weighted by molar-refractivity contribution is -0.118. The Hall–Kier alpha value is -2.69. The second kappa shape index (κ2) is 7.68. The lowest BCUT2D eigenvalue weighted by atomic mass is 10.1. The van der Waals surface area contributed by atoms with Gasteiger partial charge in [0, 0.05) is 18.1 Å². The summed E-state index contributed by atoms with van der Waals surface area (Å²) in [7, 11) is 0. The van der Waals surface area contributed by atoms with Gasteiger partial charge in [0.05, 0.1) is 12.3 Å². The van der Waals surface area contributed by atoms with Crippen molar-refractivity contribution in [3.63, 3.8) is 0 Å². The Kier molecular flexibility index (Phi) is 5.35. The first kappa shape index (κ1) is 18.1. The molecule has 26 heavy (non-hydrogen) atoms. The van der Waals surface area contributed by atoms with Gasteiger partial charge >= 0.3 is 0 Å². The van der Waals surface area contributed by atoms with Crippen LogP contribution in [0.15, 0.2) is 30.3 Å². The molecule has 1 atom stereocenters. The predicted molar refractivity (Wildman–Crippen MR) is 101 cm³/mol. The van der Waals surface area contributed by atoms with Crippen LogP contribution in [0.4, 0.5) is 5.69 Å². The zero-order valence-electron chi connectivity index (χ0n) is 15.7. The number of nitrogens with one attached hydrogen (secondary N) is 1. The number of amides is 1. The van der Waals surface area contributed by atoms with Crippen LogP contribution < -0.4 is 19.5 Å². The molecule has 0 aromatic heterocycles. The summed E-state index contributed by atoms with van der Waals surface area (Å²) < 4.78 is 17.1. The molecule has 0 saturated carbocycles. The number of carbonyl (C=O) groups excluding carboxylic acids is 1. The van der Waals surface area contributed by atoms with Gasteiger partial charge in [0.1, 0.15) is 23.4 Å². The average molecular weight is 355 g/mol. The van der Waals surface area contributed by atoms with Crippen molar-refractivity contribution >= 4 is 11.6 Å². The zero-order valence-corrected chi connectivity index (χ0v) is 15.7. The van der Waals surface area contributed by atoms with Gasteiger partial charge < -0.3 is 19.5 Å². The fraction of sp³-hybridized carbons (Fsp3) is 0.381. The quantitative estimate of drug-likeness (QED) is 0.849. The summed E-state index contributed by atoms with van der Waals surface area (Å²) in [6, 6.07) is 9.67. The van der Waals surface area contributed by atoms with E-state index in [1.54, 1.807) is 0 Å². The number of benzene rings is 2. The first-order chi connectivity index (χ1) is 12.4. The molecule has 3 rings (SSSR count). The van der Waals surface area contributed by atoms with Crippen molar-refractivity contribution in [3.8, 4) is 17.2 Å². The van der Waals surface area contributed by atoms with Gasteiger partial charge in [0.2, 0.25) is 0 Å². The number of anilines is 1. The van der Waals surface area contributed by atoms with Gasteiger partial charge in [0.25, 0.3) is 5.91 Å². The Bertz CT molecular complexity index is 796. The van der Waals surface area contributed by atoms with Crippen LogP contribution in [0.1, 0.15) is 30.5 Å². The molecule has 0 fully saturated rings. The molecule has 2 aromatic rings. The number of rotatable bonds is 6. The smallest absolute Gasteiger partial charge is 0.262 e. The van der Waals surface area contributed by atoms with Gasteiger partial charge in [-0.1, -0.05) is 6.07 Å². The van der Waals surface area contributed by atoms with Gasteiger partial charge in [-0.2, -0.15) is 0 Å². The number of ether oxygens (including phenoxy) is 3. The van der Waals surface area contributed by atoms with Crippen molar-refractivity contribution in [1.29, 1.82) is 0 Å². The van der Waals surface area contributed by atoms with E-state index in [0.717, 1.165) is 28.9 Å². The topological polar surface area (TPSA) is 56.8 Å². The van der Waals surface area contributed by atoms with Crippen LogP contribution in [0.2, 0.25) is 0 Å². The van der Waals surface area contributed by atoms with Crippen LogP contribution >= 0.6 is 0 Å². The summed E-state index contributed by atoms with van der Waals surface area (Å²) in [6.07, 6.45) is 0.984. The van der Waals surface area contributed by atoms with Crippen molar-refractivity contribution in [1.82, 2.24) is 0 Å². The van der Waals surface area contributed by atoms with Crippen molar-refractivity contribution in [2.45, 2.75) is 40.2 Å². The zero-order chi connectivity index (χ0) is 18.7. The van der Waals surface area contributed by atoms with E-state index in [2.05, 4.69) is 11.4 Å². The third kappa shape index (κ3) is 4.28. The lowest BCUT2D eigenvalue weighted by Crippen LogP contribution is -2.20. The number of carbonyl (C=O) groups is 1. The molecule has 1 heterocycles. The summed E-state index contributed by atoms with van der Waals surface area (Å²) in [5.74, 6) is 1.90. The second-order valence-electron chi connectivity index (χ2n) is 6.68. The fourth-order valence-electron chi connectivity index (χ4n) is 3.16. The normalized spacial score (nSPS) is 15.2. The van der Waals surface area contributed by atoms with E-state index < -0.39 is 0 Å². The third-order valence-electron chi connectivity index (χ3n) is 4.14. The minimum absolute atomic E-state index is 0.0667. The van der Waals surface area contributed by atoms with Crippen molar-refractivity contribution < 1.29 is 19.0 Å². The molecule has 1 aliphatic heterocycles. The molecular weight excluding hydrogens is 330 g/mol. The van der Waals surface area contributed by atoms with Gasteiger partial charge in [0.15, 0.2) is 6.61 Å². The molecule has 1 unspecified atom stereocenters. The van der Waals surface area contributed by atoms with Crippen LogP contribution in [0, 0.1) is 13.8 Å². The standard InChI is InChI=1S/C21H25NO4/c1-5-24-20-10-16-9-15(4)26-19(16)11-18(20)22-21(23)12-25-17-7-13(2)6-14(3)8-17/h6-8,10-11,15H,5,9,12H2,1-4H3,(H,22,23). The molecular formula is C21H25NO4. The molecule has 5 nitrogen and oxygen atoms in total. The minimum Gasteiger partial charge on any atom is -0.492 e. The van der Waals surface area contributed by atoms with Gasteiger partial charge in [-0.25, -0.2) is 0 Å². The van der Waals surface area contributed by atoms with E-state index in [4.69, 9.17) is 14.2 Å². The number of hydrogen-bond donors (Lipinski definition) is 1. The monoisotopic (exact) mass is 355 g/mol. The molecule has 2 aromatic carbocycles. The average Bonchev–Trinajstić information content (AvgIpc) is 2.91. The fourth-order valence-corrected chi connectivity index (χ4v) is 3.16. The summed E-state index contributed by atoms with van der Waals surface area (Å²) in [6.45, 7) is 8.40. The molecule has 5 heteroatoms. The molecule has 138 valence electrons. The highest BCUT2D eigenvalue weighted by atomic mass is 16.5. The molecule has 0 aliphatic carbocycles. The molecule has 0 radical (unpaired) electrons. The van der Waals surface area contributed by atoms with Crippen molar-refractivity contribution in [2.75, 3.05) is 18.5 Å². The van der Waals surface area contributed by atoms with E-state index in [-0.39, 0.29) is 18.6 Å². The Morgan fingerprint density at radius 2 is 1.88 bits per heavy atom. The van der Waals surface area contributed by atoms with Gasteiger partial charge in [-0.3, -0.25) is 4.79 Å². The SMILES string of the molecule is CCOc1cc2c(cc1NC(=O)COc1cc(C)cc(C)c1)OC(C)C2. The highest BCUT2D eigenvalue weighted by molar-refractivity contribution is 5.93. The number of hydrogen-bond acceptors (Lipinski definition) is 4. The lowest BCUT2D eigenvalue weighted by Gasteiger charge is -2.14. The largest absolute Gasteiger partial charge is 0.492 e. The summed E-state index contributed by atoms with van der Waals surface area (Å²) >= 11 is 0. The van der Waals surface area contributed by atoms with E-state index in [0.29, 0.717) is 23.8 Å². The highest BCUT2D eigenvalue weighted by Gasteiger charge is 2.22. The van der Waals surface area contributed by atoms with E-state index in [1.165, 1.54) is 0 Å². The van der Waals surface area contributed by atoms with Gasteiger partial charge in [-0.05, 0) is 57.0 Å². The minimum atomic E-state index is -0.240. The summed E-state index contributed by atoms with van der Waals surface area (Å²) in [5, 5.41) is 2.87. The molecule has 0 spiro atoms. The molecule has 1 amide bonds. The maximum atomic E-state index is 12.3. The van der Waals surface area contributed by atoms with Crippen LogP contribution in [0.5, 0.6) is 17.2 Å². The molecule has 1 aliphatic rings. The summed E-state index contributed by atoms with van der Waals surface area (Å²) in [4.78, 5) is 12.3. The molecule has 0 saturated heterocycles. The Morgan fingerprint density at radius 1 is 1.15 bits per heavy atom. The predicted octanol–water partition coefficient (Wildman–Crippen LogP) is 4.04. The maximum Gasteiger partial charge on any atom is 0.262 e. The second-order valence-corrected chi connectivity index (χ2v) is 6.68. The van der Waals surface area contributed by atoms with E-state index in [1.807, 2.05) is 52.0 Å². The Balaban J connectivity index is 1.69. The number of fused-ring (bicyclic) bond motifs is 1. The third-order valence-corrected chi connectivity index (χ3v) is 4.14. The van der Waals surface area contributed by atoms with E-state index in [9.17, 15) is 4.79 Å². The summed E-state index contributed by atoms with van der Waals surface area (Å²) in [5.41, 5.74) is 3.91. The highest BCUT2D eigenvalue weighted by Crippen LogP contribution is 2.38. The first-order valence-electron chi connectivity index (χ1n) is 8.92. The van der Waals surface area contributed by atoms with Crippen LogP contribution in [-0.2, 0) is 11.2 Å². The van der Waals surface area contributed by atoms with Crippen LogP contribution in [-0.4, -0.2) is 25.2 Å². The maximum absolute atomic E-state index is 12.3. The van der Waals surface area contributed by atoms with Gasteiger partial charge in [-0.15, -0.1) is 0 Å². The van der Waals surface area contributed by atoms with Crippen LogP contribution in [0.25, 0.3) is 0 Å². The van der Waals surface area contributed by atoms with E-state index >= 15 is 0 Å². The number of aryl methyl sites for hydroxylation is 2. The Morgan fingerprint density at radius 3 is 2.58 bits per heavy atom.